The first kappa shape index (κ1) is 15.8. The van der Waals surface area contributed by atoms with Crippen LogP contribution in [0.4, 0.5) is 22.0 Å². The third kappa shape index (κ3) is 4.76. The van der Waals surface area contributed by atoms with Crippen LogP contribution in [0.15, 0.2) is 18.2 Å². The summed E-state index contributed by atoms with van der Waals surface area (Å²) in [6.07, 6.45) is -5.08. The van der Waals surface area contributed by atoms with Gasteiger partial charge in [-0.05, 0) is 12.1 Å². The summed E-state index contributed by atoms with van der Waals surface area (Å²) in [5.41, 5.74) is 4.31. The Hall–Kier alpha value is -2.19. The van der Waals surface area contributed by atoms with E-state index in [1.165, 1.54) is 6.07 Å². The van der Waals surface area contributed by atoms with Crippen molar-refractivity contribution in [2.75, 3.05) is 0 Å². The van der Waals surface area contributed by atoms with Crippen LogP contribution in [-0.2, 0) is 4.79 Å². The highest BCUT2D eigenvalue weighted by molar-refractivity contribution is 5.92. The number of carbonyl (C=O) groups excluding carboxylic acids is 1. The molecule has 0 atom stereocenters. The van der Waals surface area contributed by atoms with E-state index in [0.29, 0.717) is 0 Å². The maximum absolute atomic E-state index is 12.6. The Morgan fingerprint density at radius 1 is 1.17 bits per heavy atom. The van der Waals surface area contributed by atoms with Gasteiger partial charge in [0, 0.05) is 0 Å². The molecule has 4 nitrogen and oxygen atoms in total. The molecule has 0 spiro atoms. The Balaban J connectivity index is 0.000000360. The van der Waals surface area contributed by atoms with E-state index in [1.54, 1.807) is 0 Å². The van der Waals surface area contributed by atoms with Gasteiger partial charge in [-0.15, -0.1) is 0 Å². The average Bonchev–Trinajstić information content (AvgIpc) is 2.21. The molecule has 0 aliphatic carbocycles. The number of alkyl halides is 3. The molecule has 0 bridgehead atoms. The molecule has 0 saturated carbocycles. The molecule has 18 heavy (non-hydrogen) atoms. The Kier molecular flexibility index (Phi) is 5.22. The minimum Gasteiger partial charge on any atom is -0.475 e. The van der Waals surface area contributed by atoms with Crippen LogP contribution in [0.5, 0.6) is 0 Å². The van der Waals surface area contributed by atoms with Gasteiger partial charge < -0.3 is 10.8 Å². The van der Waals surface area contributed by atoms with Crippen molar-refractivity contribution in [3.8, 4) is 0 Å². The minimum atomic E-state index is -5.08. The molecule has 0 aliphatic rings. The van der Waals surface area contributed by atoms with E-state index in [4.69, 9.17) is 15.6 Å². The van der Waals surface area contributed by atoms with E-state index in [1.807, 2.05) is 0 Å². The number of rotatable bonds is 1. The van der Waals surface area contributed by atoms with Crippen LogP contribution in [0.2, 0.25) is 0 Å². The first-order chi connectivity index (χ1) is 8.07. The number of halogens is 5. The second-order valence-corrected chi connectivity index (χ2v) is 2.77. The molecule has 1 rings (SSSR count). The molecule has 0 radical (unpaired) electrons. The number of hydrogen-bond acceptors (Lipinski definition) is 2. The van der Waals surface area contributed by atoms with Crippen molar-refractivity contribution in [3.05, 3.63) is 35.4 Å². The van der Waals surface area contributed by atoms with Gasteiger partial charge in [-0.25, -0.2) is 13.6 Å². The summed E-state index contributed by atoms with van der Waals surface area (Å²) in [6.45, 7) is 0. The number of carbonyl (C=O) groups is 2. The van der Waals surface area contributed by atoms with E-state index in [9.17, 15) is 26.7 Å². The maximum Gasteiger partial charge on any atom is 0.490 e. The average molecular weight is 271 g/mol. The second-order valence-electron chi connectivity index (χ2n) is 2.77. The molecule has 1 aromatic rings. The Morgan fingerprint density at radius 2 is 1.61 bits per heavy atom. The van der Waals surface area contributed by atoms with Gasteiger partial charge in [0.05, 0.1) is 5.56 Å². The van der Waals surface area contributed by atoms with Crippen molar-refractivity contribution in [1.82, 2.24) is 0 Å². The molecule has 100 valence electrons. The molecule has 1 aromatic carbocycles. The zero-order valence-electron chi connectivity index (χ0n) is 8.46. The molecule has 0 heterocycles. The topological polar surface area (TPSA) is 80.4 Å². The van der Waals surface area contributed by atoms with Gasteiger partial charge >= 0.3 is 12.1 Å². The number of amides is 1. The molecule has 0 aromatic heterocycles. The monoisotopic (exact) mass is 271 g/mol. The fraction of sp³-hybridized carbons (Fsp3) is 0.111. The molecule has 0 fully saturated rings. The highest BCUT2D eigenvalue weighted by atomic mass is 19.4. The van der Waals surface area contributed by atoms with E-state index < -0.39 is 35.3 Å². The van der Waals surface area contributed by atoms with Crippen LogP contribution in [0.1, 0.15) is 10.4 Å². The lowest BCUT2D eigenvalue weighted by molar-refractivity contribution is -0.192. The zero-order chi connectivity index (χ0) is 14.5. The van der Waals surface area contributed by atoms with Gasteiger partial charge in [0.1, 0.15) is 0 Å². The van der Waals surface area contributed by atoms with Gasteiger partial charge in [0.25, 0.3) is 5.91 Å². The fourth-order valence-corrected chi connectivity index (χ4v) is 0.694. The standard InChI is InChI=1S/C7H5F2NO.C2HF3O2/c8-5-3-1-2-4(6(5)9)7(10)11;3-2(4,5)1(6)7/h1-3H,(H2,10,11);(H,6,7). The van der Waals surface area contributed by atoms with Crippen LogP contribution in [0, 0.1) is 11.6 Å². The first-order valence-corrected chi connectivity index (χ1v) is 4.11. The molecule has 0 unspecified atom stereocenters. The van der Waals surface area contributed by atoms with Crippen molar-refractivity contribution in [2.24, 2.45) is 5.73 Å². The van der Waals surface area contributed by atoms with E-state index >= 15 is 0 Å². The molecule has 0 aliphatic heterocycles. The van der Waals surface area contributed by atoms with E-state index in [-0.39, 0.29) is 0 Å². The third-order valence-corrected chi connectivity index (χ3v) is 1.46. The third-order valence-electron chi connectivity index (χ3n) is 1.46. The number of aliphatic carboxylic acids is 1. The number of carboxylic acid groups (broad SMARTS) is 1. The van der Waals surface area contributed by atoms with Gasteiger partial charge in [-0.3, -0.25) is 4.79 Å². The summed E-state index contributed by atoms with van der Waals surface area (Å²) in [5.74, 6) is -5.99. The van der Waals surface area contributed by atoms with Gasteiger partial charge in [-0.1, -0.05) is 6.07 Å². The summed E-state index contributed by atoms with van der Waals surface area (Å²) in [6, 6.07) is 3.26. The lowest BCUT2D eigenvalue weighted by Crippen LogP contribution is -2.21. The largest absolute Gasteiger partial charge is 0.490 e. The smallest absolute Gasteiger partial charge is 0.475 e. The minimum absolute atomic E-state index is 0.426. The lowest BCUT2D eigenvalue weighted by Gasteiger charge is -1.96. The summed E-state index contributed by atoms with van der Waals surface area (Å²) >= 11 is 0. The summed E-state index contributed by atoms with van der Waals surface area (Å²) in [7, 11) is 0. The van der Waals surface area contributed by atoms with E-state index in [0.717, 1.165) is 12.1 Å². The second kappa shape index (κ2) is 5.94. The van der Waals surface area contributed by atoms with Gasteiger partial charge in [0.15, 0.2) is 11.6 Å². The Bertz CT molecular complexity index is 458. The van der Waals surface area contributed by atoms with Crippen molar-refractivity contribution in [3.63, 3.8) is 0 Å². The fourth-order valence-electron chi connectivity index (χ4n) is 0.694. The first-order valence-electron chi connectivity index (χ1n) is 4.11. The maximum atomic E-state index is 12.6. The number of benzene rings is 1. The lowest BCUT2D eigenvalue weighted by atomic mass is 10.2. The molecular weight excluding hydrogens is 265 g/mol. The van der Waals surface area contributed by atoms with Gasteiger partial charge in [-0.2, -0.15) is 13.2 Å². The summed E-state index contributed by atoms with van der Waals surface area (Å²) in [4.78, 5) is 19.3. The van der Waals surface area contributed by atoms with Crippen molar-refractivity contribution in [2.45, 2.75) is 6.18 Å². The number of nitrogens with two attached hydrogens (primary N) is 1. The molecular formula is C9H6F5NO3. The highest BCUT2D eigenvalue weighted by Crippen LogP contribution is 2.13. The van der Waals surface area contributed by atoms with Crippen LogP contribution in [-0.4, -0.2) is 23.2 Å². The van der Waals surface area contributed by atoms with Gasteiger partial charge in [0.2, 0.25) is 0 Å². The highest BCUT2D eigenvalue weighted by Gasteiger charge is 2.38. The van der Waals surface area contributed by atoms with Crippen LogP contribution < -0.4 is 5.73 Å². The molecule has 1 amide bonds. The summed E-state index contributed by atoms with van der Waals surface area (Å²) < 4.78 is 56.7. The van der Waals surface area contributed by atoms with E-state index in [2.05, 4.69) is 0 Å². The zero-order valence-corrected chi connectivity index (χ0v) is 8.46. The number of primary amides is 1. The molecule has 0 saturated heterocycles. The Morgan fingerprint density at radius 3 is 1.89 bits per heavy atom. The predicted molar refractivity (Wildman–Crippen MR) is 48.6 cm³/mol. The number of hydrogen-bond donors (Lipinski definition) is 2. The van der Waals surface area contributed by atoms with Crippen LogP contribution >= 0.6 is 0 Å². The summed E-state index contributed by atoms with van der Waals surface area (Å²) in [5, 5.41) is 7.12. The van der Waals surface area contributed by atoms with Crippen molar-refractivity contribution in [1.29, 1.82) is 0 Å². The normalized spacial score (nSPS) is 10.3. The number of carboxylic acids is 1. The van der Waals surface area contributed by atoms with Crippen LogP contribution in [0.25, 0.3) is 0 Å². The van der Waals surface area contributed by atoms with Crippen LogP contribution in [0.3, 0.4) is 0 Å². The Labute approximate surface area is 96.8 Å². The molecule has 3 N–H and O–H groups in total. The SMILES string of the molecule is NC(=O)c1cccc(F)c1F.O=C(O)C(F)(F)F. The predicted octanol–water partition coefficient (Wildman–Crippen LogP) is 1.70. The molecule has 9 heteroatoms. The quantitative estimate of drug-likeness (QED) is 0.763. The van der Waals surface area contributed by atoms with Crippen molar-refractivity contribution >= 4 is 11.9 Å². The van der Waals surface area contributed by atoms with Crippen molar-refractivity contribution < 1.29 is 36.6 Å².